The average molecular weight is 1060 g/mol. The summed E-state index contributed by atoms with van der Waals surface area (Å²) in [6.45, 7) is 1.13. The van der Waals surface area contributed by atoms with Gasteiger partial charge in [-0.05, 0) is 85.6 Å². The molecule has 65 heavy (non-hydrogen) atoms. The minimum absolute atomic E-state index is 0. The second-order valence-electron chi connectivity index (χ2n) is 15.2. The molecular weight excluding hydrogens is 1000 g/mol. The molecule has 1 aliphatic heterocycles. The Labute approximate surface area is 398 Å². The summed E-state index contributed by atoms with van der Waals surface area (Å²) in [5, 5.41) is 33.9. The van der Waals surface area contributed by atoms with E-state index in [1.165, 1.54) is 18.7 Å². The highest BCUT2D eigenvalue weighted by Gasteiger charge is 2.39. The Morgan fingerprint density at radius 2 is 1.37 bits per heavy atom. The van der Waals surface area contributed by atoms with Crippen LogP contribution in [-0.4, -0.2) is 160 Å². The van der Waals surface area contributed by atoms with E-state index in [0.717, 1.165) is 39.1 Å². The average Bonchev–Trinajstić information content (AvgIpc) is 3.51. The lowest BCUT2D eigenvalue weighted by molar-refractivity contribution is -0.141. The number of anilines is 1. The number of carboxylic acid groups (broad SMARTS) is 1. The van der Waals surface area contributed by atoms with E-state index in [4.69, 9.17) is 10.8 Å². The van der Waals surface area contributed by atoms with E-state index in [9.17, 15) is 53.1 Å². The first-order valence-corrected chi connectivity index (χ1v) is 23.1. The first-order valence-electron chi connectivity index (χ1n) is 20.5. The van der Waals surface area contributed by atoms with Crippen molar-refractivity contribution in [3.05, 3.63) is 26.6 Å². The molecule has 3 atom stereocenters. The van der Waals surface area contributed by atoms with Crippen LogP contribution in [0.2, 0.25) is 0 Å². The van der Waals surface area contributed by atoms with Crippen molar-refractivity contribution < 1.29 is 58.2 Å². The number of carbonyl (C=O) groups is 10. The quantitative estimate of drug-likeness (QED) is 0.0314. The number of aliphatic hydroxyl groups excluding tert-OH is 1. The Morgan fingerprint density at radius 1 is 0.831 bits per heavy atom. The van der Waals surface area contributed by atoms with Gasteiger partial charge < -0.3 is 53.2 Å². The second-order valence-corrected chi connectivity index (χ2v) is 18.2. The van der Waals surface area contributed by atoms with E-state index in [0.29, 0.717) is 44.5 Å². The van der Waals surface area contributed by atoms with Gasteiger partial charge in [-0.2, -0.15) is 0 Å². The molecule has 1 heterocycles. The summed E-state index contributed by atoms with van der Waals surface area (Å²) in [5.41, 5.74) is 7.99. The summed E-state index contributed by atoms with van der Waals surface area (Å²) in [7, 11) is 0. The molecule has 9 amide bonds. The SMILES string of the molecule is C.CC(=O)NC(CSC1CC(=O)N(CCCCN(Cc2cc(Br)cc(Br)c2N)C2CCC(O)CC2)C1=O)C(=O)NCC(=O)NCC(=O)NCC(=O)NCC(=O)NCC(=O)NC(C)C(=O)O. The molecule has 11 N–H and O–H groups in total. The minimum atomic E-state index is -1.26. The van der Waals surface area contributed by atoms with E-state index in [1.807, 2.05) is 12.1 Å². The molecule has 1 aromatic rings. The predicted octanol–water partition coefficient (Wildman–Crippen LogP) is -1.15. The molecule has 362 valence electrons. The fraction of sp³-hybridized carbons (Fsp3) is 0.600. The summed E-state index contributed by atoms with van der Waals surface area (Å²) in [4.78, 5) is 125. The van der Waals surface area contributed by atoms with E-state index in [2.05, 4.69) is 74.0 Å². The molecule has 0 bridgehead atoms. The molecule has 25 heteroatoms. The van der Waals surface area contributed by atoms with Gasteiger partial charge >= 0.3 is 5.97 Å². The van der Waals surface area contributed by atoms with Crippen molar-refractivity contribution >= 4 is 108 Å². The summed E-state index contributed by atoms with van der Waals surface area (Å²) in [5.74, 6) is -7.22. The Morgan fingerprint density at radius 3 is 1.91 bits per heavy atom. The number of unbranched alkanes of at least 4 members (excludes halogenated alkanes) is 1. The smallest absolute Gasteiger partial charge is 0.325 e. The highest BCUT2D eigenvalue weighted by atomic mass is 79.9. The topological polar surface area (TPSA) is 328 Å². The van der Waals surface area contributed by atoms with Gasteiger partial charge in [0, 0.05) is 47.2 Å². The third-order valence-corrected chi connectivity index (χ3v) is 12.5. The number of likely N-dealkylation sites (tertiary alicyclic amines) is 1. The van der Waals surface area contributed by atoms with Crippen LogP contribution in [0.25, 0.3) is 0 Å². The van der Waals surface area contributed by atoms with Gasteiger partial charge in [0.2, 0.25) is 53.2 Å². The molecule has 1 saturated carbocycles. The van der Waals surface area contributed by atoms with Crippen LogP contribution in [0.3, 0.4) is 0 Å². The predicted molar refractivity (Wildman–Crippen MR) is 246 cm³/mol. The Bertz CT molecular complexity index is 1910. The number of nitrogens with two attached hydrogens (primary N) is 1. The normalized spacial score (nSPS) is 17.8. The van der Waals surface area contributed by atoms with Crippen LogP contribution in [-0.2, 0) is 54.5 Å². The maximum absolute atomic E-state index is 13.3. The number of nitrogens with one attached hydrogen (secondary N) is 7. The van der Waals surface area contributed by atoms with Gasteiger partial charge in [0.1, 0.15) is 12.1 Å². The van der Waals surface area contributed by atoms with Gasteiger partial charge in [0.25, 0.3) is 0 Å². The van der Waals surface area contributed by atoms with E-state index < -0.39 is 103 Å². The Kier molecular flexibility index (Phi) is 24.5. The zero-order valence-corrected chi connectivity index (χ0v) is 39.5. The molecule has 0 radical (unpaired) electrons. The number of imide groups is 1. The van der Waals surface area contributed by atoms with E-state index in [-0.39, 0.29) is 44.2 Å². The zero-order valence-electron chi connectivity index (χ0n) is 35.5. The third-order valence-electron chi connectivity index (χ3n) is 10.1. The summed E-state index contributed by atoms with van der Waals surface area (Å²) < 4.78 is 1.68. The van der Waals surface area contributed by atoms with Crippen LogP contribution < -0.4 is 43.0 Å². The third kappa shape index (κ3) is 20.1. The van der Waals surface area contributed by atoms with Gasteiger partial charge in [-0.15, -0.1) is 11.8 Å². The highest BCUT2D eigenvalue weighted by molar-refractivity contribution is 9.11. The van der Waals surface area contributed by atoms with Crippen molar-refractivity contribution in [2.45, 2.75) is 102 Å². The lowest BCUT2D eigenvalue weighted by Gasteiger charge is -2.36. The molecule has 2 fully saturated rings. The summed E-state index contributed by atoms with van der Waals surface area (Å²) >= 11 is 8.09. The number of carboxylic acids is 1. The number of carbonyl (C=O) groups excluding carboxylic acids is 9. The number of benzene rings is 1. The Hall–Kier alpha value is -4.85. The number of amides is 9. The van der Waals surface area contributed by atoms with Crippen LogP contribution in [0.1, 0.15) is 71.8 Å². The fourth-order valence-corrected chi connectivity index (χ4v) is 9.16. The van der Waals surface area contributed by atoms with Gasteiger partial charge in [-0.3, -0.25) is 57.7 Å². The standard InChI is InChI=1S/C39H56Br2N10O12S.CH4/c1-21(39(62)63)48-34(58)18-46-32(56)16-44-30(54)14-43-31(55)15-45-33(57)17-47-37(60)28(49-22(2)52)20-64-29-13-35(59)51(38(29)61)10-4-3-9-50(25-5-7-26(53)8-6-25)19-23-11-24(40)12-27(41)36(23)42;/h11-12,21,25-26,28-29,53H,3-10,13-20,42H2,1-2H3,(H,43,55)(H,44,54)(H,45,57)(H,46,56)(H,47,60)(H,48,58)(H,49,52)(H,62,63);1H4. The highest BCUT2D eigenvalue weighted by Crippen LogP contribution is 2.32. The van der Waals surface area contributed by atoms with Gasteiger partial charge in [0.15, 0.2) is 0 Å². The van der Waals surface area contributed by atoms with Crippen molar-refractivity contribution in [3.8, 4) is 0 Å². The monoisotopic (exact) mass is 1060 g/mol. The minimum Gasteiger partial charge on any atom is -0.480 e. The van der Waals surface area contributed by atoms with E-state index >= 15 is 0 Å². The largest absolute Gasteiger partial charge is 0.480 e. The number of hydrogen-bond acceptors (Lipinski definition) is 14. The first-order chi connectivity index (χ1) is 30.2. The molecule has 1 aliphatic carbocycles. The van der Waals surface area contributed by atoms with Crippen molar-refractivity contribution in [3.63, 3.8) is 0 Å². The van der Waals surface area contributed by atoms with Crippen LogP contribution in [0.15, 0.2) is 21.1 Å². The maximum Gasteiger partial charge on any atom is 0.325 e. The first kappa shape index (κ1) is 56.3. The van der Waals surface area contributed by atoms with Gasteiger partial charge in [-0.1, -0.05) is 23.4 Å². The number of thioether (sulfide) groups is 1. The van der Waals surface area contributed by atoms with Gasteiger partial charge in [0.05, 0.1) is 49.8 Å². The molecular formula is C40H60Br2N10O12S. The number of nitrogen functional groups attached to an aromatic ring is 1. The molecule has 0 aromatic heterocycles. The molecule has 1 saturated heterocycles. The lowest BCUT2D eigenvalue weighted by Crippen LogP contribution is -2.51. The Balaban J connectivity index is 0.0000145. The van der Waals surface area contributed by atoms with Crippen LogP contribution in [0.5, 0.6) is 0 Å². The van der Waals surface area contributed by atoms with Crippen LogP contribution in [0, 0.1) is 0 Å². The molecule has 1 aromatic carbocycles. The molecule has 22 nitrogen and oxygen atoms in total. The molecule has 3 unspecified atom stereocenters. The van der Waals surface area contributed by atoms with Crippen LogP contribution in [0.4, 0.5) is 5.69 Å². The van der Waals surface area contributed by atoms with Crippen molar-refractivity contribution in [2.24, 2.45) is 0 Å². The number of halogens is 2. The van der Waals surface area contributed by atoms with Crippen LogP contribution >= 0.6 is 43.6 Å². The van der Waals surface area contributed by atoms with Crippen molar-refractivity contribution in [1.82, 2.24) is 47.0 Å². The van der Waals surface area contributed by atoms with Crippen molar-refractivity contribution in [1.29, 1.82) is 0 Å². The zero-order chi connectivity index (χ0) is 47.5. The second kappa shape index (κ2) is 28.2. The molecule has 0 spiro atoms. The fourth-order valence-electron chi connectivity index (χ4n) is 6.66. The maximum atomic E-state index is 13.3. The van der Waals surface area contributed by atoms with E-state index in [1.54, 1.807) is 0 Å². The molecule has 3 rings (SSSR count). The number of rotatable bonds is 25. The molecule has 2 aliphatic rings. The number of nitrogens with zero attached hydrogens (tertiary/aromatic N) is 2. The van der Waals surface area contributed by atoms with Gasteiger partial charge in [-0.25, -0.2) is 0 Å². The summed E-state index contributed by atoms with van der Waals surface area (Å²) in [6, 6.07) is 1.78. The lowest BCUT2D eigenvalue weighted by atomic mass is 9.91. The van der Waals surface area contributed by atoms with Crippen molar-refractivity contribution in [2.75, 3.05) is 57.3 Å². The summed E-state index contributed by atoms with van der Waals surface area (Å²) in [6.07, 6.45) is 3.95. The number of hydrogen-bond donors (Lipinski definition) is 10. The number of aliphatic carboxylic acids is 1. The number of aliphatic hydroxyl groups is 1.